The lowest BCUT2D eigenvalue weighted by Crippen LogP contribution is -2.52. The predicted molar refractivity (Wildman–Crippen MR) is 62.3 cm³/mol. The van der Waals surface area contributed by atoms with Gasteiger partial charge in [-0.3, -0.25) is 9.69 Å². The first-order valence-electron chi connectivity index (χ1n) is 6.23. The zero-order valence-electron chi connectivity index (χ0n) is 10.6. The van der Waals surface area contributed by atoms with Crippen LogP contribution in [0.1, 0.15) is 12.8 Å². The topological polar surface area (TPSA) is 49.6 Å². The number of nitrogens with zero attached hydrogens (tertiary/aromatic N) is 2. The van der Waals surface area contributed by atoms with Gasteiger partial charge in [-0.25, -0.2) is 8.78 Å². The number of carbonyl (C=O) groups is 1. The number of carbonyl (C=O) groups excluding carboxylic acids is 1. The number of amides is 1. The van der Waals surface area contributed by atoms with E-state index in [0.717, 1.165) is 0 Å². The number of halogens is 4. The van der Waals surface area contributed by atoms with E-state index in [4.69, 9.17) is 5.73 Å². The number of nitrogens with two attached hydrogens (primary N) is 1. The number of hydrogen-bond donors (Lipinski definition) is 1. The zero-order valence-corrected chi connectivity index (χ0v) is 10.6. The van der Waals surface area contributed by atoms with E-state index < -0.39 is 18.9 Å². The molecule has 19 heavy (non-hydrogen) atoms. The van der Waals surface area contributed by atoms with Gasteiger partial charge in [-0.2, -0.15) is 8.78 Å². The smallest absolute Gasteiger partial charge is 0.319 e. The van der Waals surface area contributed by atoms with Crippen LogP contribution in [-0.2, 0) is 4.79 Å². The Morgan fingerprint density at radius 3 is 2.26 bits per heavy atom. The second-order valence-electron chi connectivity index (χ2n) is 4.61. The van der Waals surface area contributed by atoms with Gasteiger partial charge in [0.05, 0.1) is 6.54 Å². The fourth-order valence-electron chi connectivity index (χ4n) is 1.93. The Balaban J connectivity index is 2.35. The van der Waals surface area contributed by atoms with Crippen molar-refractivity contribution in [1.82, 2.24) is 9.80 Å². The second kappa shape index (κ2) is 7.04. The minimum absolute atomic E-state index is 0.0641. The van der Waals surface area contributed by atoms with Crippen LogP contribution < -0.4 is 5.73 Å². The minimum atomic E-state index is -3.99. The first-order valence-corrected chi connectivity index (χ1v) is 6.23. The highest BCUT2D eigenvalue weighted by Gasteiger charge is 2.42. The summed E-state index contributed by atoms with van der Waals surface area (Å²) >= 11 is 0. The molecule has 4 nitrogen and oxygen atoms in total. The molecule has 0 unspecified atom stereocenters. The molecule has 0 aromatic rings. The Labute approximate surface area is 109 Å². The zero-order chi connectivity index (χ0) is 14.5. The molecular weight excluding hydrogens is 266 g/mol. The normalized spacial score (nSPS) is 18.1. The molecule has 0 aromatic carbocycles. The maximum atomic E-state index is 12.9. The SMILES string of the molecule is NCCCC(=O)N1CCN(CC(F)(F)C(F)F)CC1. The van der Waals surface area contributed by atoms with E-state index in [1.165, 1.54) is 4.90 Å². The molecule has 1 amide bonds. The summed E-state index contributed by atoms with van der Waals surface area (Å²) in [5, 5.41) is 0. The number of hydrogen-bond acceptors (Lipinski definition) is 3. The molecule has 1 rings (SSSR count). The third kappa shape index (κ3) is 4.94. The van der Waals surface area contributed by atoms with E-state index in [0.29, 0.717) is 32.5 Å². The van der Waals surface area contributed by atoms with Crippen LogP contribution in [-0.4, -0.2) is 67.3 Å². The van der Waals surface area contributed by atoms with Crippen LogP contribution in [0.25, 0.3) is 0 Å². The van der Waals surface area contributed by atoms with Gasteiger partial charge in [0, 0.05) is 32.6 Å². The van der Waals surface area contributed by atoms with Crippen molar-refractivity contribution in [2.24, 2.45) is 5.73 Å². The highest BCUT2D eigenvalue weighted by atomic mass is 19.3. The van der Waals surface area contributed by atoms with Gasteiger partial charge >= 0.3 is 12.3 Å². The molecule has 1 saturated heterocycles. The number of piperazine rings is 1. The van der Waals surface area contributed by atoms with Crippen LogP contribution in [0.4, 0.5) is 17.6 Å². The summed E-state index contributed by atoms with van der Waals surface area (Å²) in [5.41, 5.74) is 5.29. The summed E-state index contributed by atoms with van der Waals surface area (Å²) in [5.74, 6) is -4.06. The molecule has 0 aromatic heterocycles. The Hall–Kier alpha value is -0.890. The van der Waals surface area contributed by atoms with Crippen LogP contribution in [0.3, 0.4) is 0 Å². The van der Waals surface area contributed by atoms with Gasteiger partial charge in [-0.1, -0.05) is 0 Å². The van der Waals surface area contributed by atoms with Crippen LogP contribution in [0.5, 0.6) is 0 Å². The van der Waals surface area contributed by atoms with E-state index in [1.54, 1.807) is 4.90 Å². The molecule has 1 aliphatic rings. The summed E-state index contributed by atoms with van der Waals surface area (Å²) in [6, 6.07) is 0. The molecule has 8 heteroatoms. The third-order valence-electron chi connectivity index (χ3n) is 3.07. The molecule has 112 valence electrons. The lowest BCUT2D eigenvalue weighted by Gasteiger charge is -2.36. The third-order valence-corrected chi connectivity index (χ3v) is 3.07. The molecule has 0 radical (unpaired) electrons. The van der Waals surface area contributed by atoms with Crippen molar-refractivity contribution in [3.8, 4) is 0 Å². The predicted octanol–water partition coefficient (Wildman–Crippen LogP) is 0.770. The maximum Gasteiger partial charge on any atom is 0.319 e. The van der Waals surface area contributed by atoms with Gasteiger partial charge in [0.2, 0.25) is 5.91 Å². The summed E-state index contributed by atoms with van der Waals surface area (Å²) < 4.78 is 49.9. The molecule has 0 bridgehead atoms. The van der Waals surface area contributed by atoms with Gasteiger partial charge in [-0.05, 0) is 13.0 Å². The lowest BCUT2D eigenvalue weighted by atomic mass is 10.2. The first kappa shape index (κ1) is 16.2. The summed E-state index contributed by atoms with van der Waals surface area (Å²) in [6.45, 7) is 0.431. The largest absolute Gasteiger partial charge is 0.340 e. The molecule has 1 aliphatic heterocycles. The summed E-state index contributed by atoms with van der Waals surface area (Å²) in [4.78, 5) is 14.5. The highest BCUT2D eigenvalue weighted by molar-refractivity contribution is 5.76. The van der Waals surface area contributed by atoms with Crippen molar-refractivity contribution < 1.29 is 22.4 Å². The van der Waals surface area contributed by atoms with Gasteiger partial charge in [0.1, 0.15) is 0 Å². The quantitative estimate of drug-likeness (QED) is 0.733. The average molecular weight is 285 g/mol. The Kier molecular flexibility index (Phi) is 5.99. The molecule has 0 spiro atoms. The van der Waals surface area contributed by atoms with Crippen molar-refractivity contribution in [2.75, 3.05) is 39.3 Å². The van der Waals surface area contributed by atoms with Crippen molar-refractivity contribution in [2.45, 2.75) is 25.2 Å². The number of rotatable bonds is 6. The van der Waals surface area contributed by atoms with Crippen molar-refractivity contribution in [1.29, 1.82) is 0 Å². The van der Waals surface area contributed by atoms with Gasteiger partial charge in [0.25, 0.3) is 0 Å². The lowest BCUT2D eigenvalue weighted by molar-refractivity contribution is -0.148. The van der Waals surface area contributed by atoms with Gasteiger partial charge in [0.15, 0.2) is 0 Å². The molecule has 0 saturated carbocycles. The molecular formula is C11H19F4N3O. The Bertz CT molecular complexity index is 294. The monoisotopic (exact) mass is 285 g/mol. The average Bonchev–Trinajstić information content (AvgIpc) is 2.36. The molecule has 0 atom stereocenters. The molecule has 2 N–H and O–H groups in total. The summed E-state index contributed by atoms with van der Waals surface area (Å²) in [6.07, 6.45) is -2.73. The van der Waals surface area contributed by atoms with Crippen molar-refractivity contribution >= 4 is 5.91 Å². The van der Waals surface area contributed by atoms with Crippen molar-refractivity contribution in [3.05, 3.63) is 0 Å². The fraction of sp³-hybridized carbons (Fsp3) is 0.909. The molecule has 1 fully saturated rings. The van der Waals surface area contributed by atoms with E-state index in [9.17, 15) is 22.4 Å². The Morgan fingerprint density at radius 2 is 1.79 bits per heavy atom. The summed E-state index contributed by atoms with van der Waals surface area (Å²) in [7, 11) is 0. The van der Waals surface area contributed by atoms with Crippen molar-refractivity contribution in [3.63, 3.8) is 0 Å². The van der Waals surface area contributed by atoms with Crippen LogP contribution in [0.2, 0.25) is 0 Å². The van der Waals surface area contributed by atoms with E-state index in [2.05, 4.69) is 0 Å². The second-order valence-corrected chi connectivity index (χ2v) is 4.61. The van der Waals surface area contributed by atoms with E-state index in [1.807, 2.05) is 0 Å². The van der Waals surface area contributed by atoms with E-state index in [-0.39, 0.29) is 19.0 Å². The molecule has 0 aliphatic carbocycles. The highest BCUT2D eigenvalue weighted by Crippen LogP contribution is 2.24. The van der Waals surface area contributed by atoms with Gasteiger partial charge < -0.3 is 10.6 Å². The van der Waals surface area contributed by atoms with Crippen LogP contribution in [0.15, 0.2) is 0 Å². The standard InChI is InChI=1S/C11H19F4N3O/c12-10(13)11(14,15)8-17-4-6-18(7-5-17)9(19)2-1-3-16/h10H,1-8,16H2. The van der Waals surface area contributed by atoms with Crippen LogP contribution >= 0.6 is 0 Å². The van der Waals surface area contributed by atoms with E-state index >= 15 is 0 Å². The fourth-order valence-corrected chi connectivity index (χ4v) is 1.93. The maximum absolute atomic E-state index is 12.9. The van der Waals surface area contributed by atoms with Crippen LogP contribution in [0, 0.1) is 0 Å². The first-order chi connectivity index (χ1) is 8.86. The van der Waals surface area contributed by atoms with Gasteiger partial charge in [-0.15, -0.1) is 0 Å². The Morgan fingerprint density at radius 1 is 1.21 bits per heavy atom. The molecule has 1 heterocycles. The number of alkyl halides is 4. The minimum Gasteiger partial charge on any atom is -0.340 e.